The number of aryl methyl sites for hydroxylation is 2. The summed E-state index contributed by atoms with van der Waals surface area (Å²) in [4.78, 5) is 0. The van der Waals surface area contributed by atoms with Gasteiger partial charge in [-0.3, -0.25) is 0 Å². The number of nitrogens with two attached hydrogens (primary N) is 1. The Hall–Kier alpha value is -0.860. The maximum Gasteiger partial charge on any atom is 0.0334 e. The number of hydrogen-bond donors (Lipinski definition) is 2. The van der Waals surface area contributed by atoms with Gasteiger partial charge in [0.1, 0.15) is 0 Å². The zero-order valence-corrected chi connectivity index (χ0v) is 10.2. The molecule has 0 aliphatic carbocycles. The van der Waals surface area contributed by atoms with Crippen molar-refractivity contribution in [2.45, 2.75) is 39.3 Å². The predicted octanol–water partition coefficient (Wildman–Crippen LogP) is 2.30. The summed E-state index contributed by atoms with van der Waals surface area (Å²) < 4.78 is 0. The summed E-state index contributed by atoms with van der Waals surface area (Å²) in [6, 6.07) is 7.17. The van der Waals surface area contributed by atoms with Crippen LogP contribution in [0.15, 0.2) is 18.2 Å². The highest BCUT2D eigenvalue weighted by molar-refractivity contribution is 5.33. The standard InChI is InChI=1S/C13H22N2/c1-9-5-6-10(2)12(7-9)13(15-4)8-11(3)14/h5-7,11,13,15H,8,14H2,1-4H3. The topological polar surface area (TPSA) is 38.0 Å². The van der Waals surface area contributed by atoms with Gasteiger partial charge < -0.3 is 11.1 Å². The zero-order chi connectivity index (χ0) is 11.4. The van der Waals surface area contributed by atoms with Crippen LogP contribution in [0.5, 0.6) is 0 Å². The molecule has 0 fully saturated rings. The van der Waals surface area contributed by atoms with Gasteiger partial charge in [-0.05, 0) is 45.4 Å². The van der Waals surface area contributed by atoms with Crippen molar-refractivity contribution in [3.8, 4) is 0 Å². The fourth-order valence-corrected chi connectivity index (χ4v) is 1.91. The zero-order valence-electron chi connectivity index (χ0n) is 10.2. The first-order chi connectivity index (χ1) is 7.04. The Bertz CT molecular complexity index is 318. The minimum Gasteiger partial charge on any atom is -0.328 e. The van der Waals surface area contributed by atoms with Gasteiger partial charge in [0.15, 0.2) is 0 Å². The molecule has 1 aromatic rings. The Morgan fingerprint density at radius 3 is 2.53 bits per heavy atom. The third-order valence-corrected chi connectivity index (χ3v) is 2.77. The van der Waals surface area contributed by atoms with E-state index in [1.54, 1.807) is 0 Å². The van der Waals surface area contributed by atoms with Crippen LogP contribution >= 0.6 is 0 Å². The van der Waals surface area contributed by atoms with E-state index in [0.29, 0.717) is 6.04 Å². The first-order valence-electron chi connectivity index (χ1n) is 5.54. The SMILES string of the molecule is CNC(CC(C)N)c1cc(C)ccc1C. The number of nitrogens with one attached hydrogen (secondary N) is 1. The van der Waals surface area contributed by atoms with Gasteiger partial charge >= 0.3 is 0 Å². The number of rotatable bonds is 4. The smallest absolute Gasteiger partial charge is 0.0334 e. The maximum absolute atomic E-state index is 5.85. The number of hydrogen-bond acceptors (Lipinski definition) is 2. The van der Waals surface area contributed by atoms with E-state index in [-0.39, 0.29) is 6.04 Å². The highest BCUT2D eigenvalue weighted by Gasteiger charge is 2.13. The van der Waals surface area contributed by atoms with Gasteiger partial charge in [-0.15, -0.1) is 0 Å². The molecule has 15 heavy (non-hydrogen) atoms. The molecule has 0 bridgehead atoms. The van der Waals surface area contributed by atoms with Gasteiger partial charge in [0.25, 0.3) is 0 Å². The van der Waals surface area contributed by atoms with E-state index >= 15 is 0 Å². The van der Waals surface area contributed by atoms with Crippen LogP contribution in [0.3, 0.4) is 0 Å². The van der Waals surface area contributed by atoms with Crippen LogP contribution in [0.2, 0.25) is 0 Å². The fourth-order valence-electron chi connectivity index (χ4n) is 1.91. The molecule has 2 heteroatoms. The largest absolute Gasteiger partial charge is 0.328 e. The monoisotopic (exact) mass is 206 g/mol. The minimum absolute atomic E-state index is 0.224. The Kier molecular flexibility index (Phi) is 4.30. The number of benzene rings is 1. The van der Waals surface area contributed by atoms with E-state index in [2.05, 4.69) is 44.3 Å². The molecular weight excluding hydrogens is 184 g/mol. The van der Waals surface area contributed by atoms with Crippen LogP contribution in [0.25, 0.3) is 0 Å². The second-order valence-electron chi connectivity index (χ2n) is 4.41. The van der Waals surface area contributed by atoms with Crippen LogP contribution in [-0.2, 0) is 0 Å². The molecule has 0 radical (unpaired) electrons. The quantitative estimate of drug-likeness (QED) is 0.793. The van der Waals surface area contributed by atoms with E-state index in [1.165, 1.54) is 16.7 Å². The van der Waals surface area contributed by atoms with E-state index in [4.69, 9.17) is 5.73 Å². The molecule has 84 valence electrons. The Morgan fingerprint density at radius 1 is 1.33 bits per heavy atom. The summed E-state index contributed by atoms with van der Waals surface area (Å²) in [7, 11) is 1.99. The molecule has 2 unspecified atom stereocenters. The Labute approximate surface area is 92.9 Å². The first kappa shape index (κ1) is 12.2. The molecule has 0 aromatic heterocycles. The molecule has 0 amide bonds. The summed E-state index contributed by atoms with van der Waals surface area (Å²) in [6.45, 7) is 6.33. The Balaban J connectivity index is 2.95. The van der Waals surface area contributed by atoms with Gasteiger partial charge in [-0.1, -0.05) is 23.8 Å². The van der Waals surface area contributed by atoms with Gasteiger partial charge in [-0.2, -0.15) is 0 Å². The lowest BCUT2D eigenvalue weighted by Gasteiger charge is -2.21. The van der Waals surface area contributed by atoms with Gasteiger partial charge in [0.05, 0.1) is 0 Å². The average Bonchev–Trinajstić information content (AvgIpc) is 2.18. The van der Waals surface area contributed by atoms with E-state index in [0.717, 1.165) is 6.42 Å². The van der Waals surface area contributed by atoms with E-state index in [9.17, 15) is 0 Å². The van der Waals surface area contributed by atoms with Crippen molar-refractivity contribution in [2.75, 3.05) is 7.05 Å². The minimum atomic E-state index is 0.224. The third kappa shape index (κ3) is 3.33. The van der Waals surface area contributed by atoms with Crippen molar-refractivity contribution in [1.29, 1.82) is 0 Å². The van der Waals surface area contributed by atoms with Crippen molar-refractivity contribution in [2.24, 2.45) is 5.73 Å². The second kappa shape index (κ2) is 5.29. The molecule has 0 aliphatic heterocycles. The molecule has 2 nitrogen and oxygen atoms in total. The molecule has 0 spiro atoms. The molecule has 0 aliphatic rings. The van der Waals surface area contributed by atoms with Crippen molar-refractivity contribution in [3.63, 3.8) is 0 Å². The summed E-state index contributed by atoms with van der Waals surface area (Å²) in [5.41, 5.74) is 9.86. The molecular formula is C13H22N2. The predicted molar refractivity (Wildman–Crippen MR) is 66.0 cm³/mol. The summed E-state index contributed by atoms with van der Waals surface area (Å²) in [5, 5.41) is 3.34. The lowest BCUT2D eigenvalue weighted by molar-refractivity contribution is 0.497. The van der Waals surface area contributed by atoms with Crippen LogP contribution in [0.1, 0.15) is 36.1 Å². The van der Waals surface area contributed by atoms with Crippen LogP contribution in [0, 0.1) is 13.8 Å². The average molecular weight is 206 g/mol. The van der Waals surface area contributed by atoms with Crippen LogP contribution in [0.4, 0.5) is 0 Å². The summed E-state index contributed by atoms with van der Waals surface area (Å²) in [6.07, 6.45) is 0.973. The van der Waals surface area contributed by atoms with E-state index in [1.807, 2.05) is 7.05 Å². The van der Waals surface area contributed by atoms with E-state index < -0.39 is 0 Å². The molecule has 1 aromatic carbocycles. The molecule has 3 N–H and O–H groups in total. The van der Waals surface area contributed by atoms with Crippen LogP contribution < -0.4 is 11.1 Å². The first-order valence-corrected chi connectivity index (χ1v) is 5.54. The van der Waals surface area contributed by atoms with Gasteiger partial charge in [0, 0.05) is 12.1 Å². The molecule has 0 heterocycles. The summed E-state index contributed by atoms with van der Waals surface area (Å²) >= 11 is 0. The lowest BCUT2D eigenvalue weighted by atomic mass is 9.95. The van der Waals surface area contributed by atoms with Crippen LogP contribution in [-0.4, -0.2) is 13.1 Å². The third-order valence-electron chi connectivity index (χ3n) is 2.77. The van der Waals surface area contributed by atoms with Gasteiger partial charge in [0.2, 0.25) is 0 Å². The normalized spacial score (nSPS) is 15.0. The second-order valence-corrected chi connectivity index (χ2v) is 4.41. The Morgan fingerprint density at radius 2 is 2.00 bits per heavy atom. The highest BCUT2D eigenvalue weighted by Crippen LogP contribution is 2.22. The molecule has 2 atom stereocenters. The van der Waals surface area contributed by atoms with Gasteiger partial charge in [-0.25, -0.2) is 0 Å². The van der Waals surface area contributed by atoms with Crippen molar-refractivity contribution in [3.05, 3.63) is 34.9 Å². The van der Waals surface area contributed by atoms with Crippen molar-refractivity contribution < 1.29 is 0 Å². The summed E-state index contributed by atoms with van der Waals surface area (Å²) in [5.74, 6) is 0. The van der Waals surface area contributed by atoms with Crippen molar-refractivity contribution in [1.82, 2.24) is 5.32 Å². The molecule has 1 rings (SSSR count). The molecule has 0 saturated carbocycles. The molecule has 0 saturated heterocycles. The highest BCUT2D eigenvalue weighted by atomic mass is 14.9. The lowest BCUT2D eigenvalue weighted by Crippen LogP contribution is -2.26. The van der Waals surface area contributed by atoms with Crippen molar-refractivity contribution >= 4 is 0 Å². The maximum atomic E-state index is 5.85. The fraction of sp³-hybridized carbons (Fsp3) is 0.538.